The molecule has 6 nitrogen and oxygen atoms in total. The second-order valence-corrected chi connectivity index (χ2v) is 4.60. The third-order valence-corrected chi connectivity index (χ3v) is 1.79. The van der Waals surface area contributed by atoms with Crippen LogP contribution in [0.25, 0.3) is 0 Å². The maximum Gasteiger partial charge on any atom is 0.335 e. The molecule has 0 saturated heterocycles. The van der Waals surface area contributed by atoms with Crippen LogP contribution in [0.3, 0.4) is 0 Å². The van der Waals surface area contributed by atoms with Crippen LogP contribution in [0.1, 0.15) is 31.1 Å². The summed E-state index contributed by atoms with van der Waals surface area (Å²) in [6.45, 7) is 4.99. The van der Waals surface area contributed by atoms with Gasteiger partial charge in [-0.2, -0.15) is 0 Å². The number of hydrogen-bond acceptors (Lipinski definition) is 4. The molecule has 0 amide bonds. The number of carboxylic acids is 2. The number of rotatable bonds is 1. The number of benzene rings is 1. The van der Waals surface area contributed by atoms with Gasteiger partial charge in [0, 0.05) is 6.07 Å². The molecule has 0 spiro atoms. The number of aliphatic carboxylic acids is 1. The van der Waals surface area contributed by atoms with Gasteiger partial charge in [-0.1, -0.05) is 0 Å². The minimum atomic E-state index is -1.18. The monoisotopic (exact) mass is 256 g/mol. The first-order chi connectivity index (χ1) is 8.04. The molecule has 4 N–H and O–H groups in total. The van der Waals surface area contributed by atoms with Crippen molar-refractivity contribution in [2.24, 2.45) is 5.41 Å². The van der Waals surface area contributed by atoms with Crippen molar-refractivity contribution in [3.8, 4) is 11.5 Å². The van der Waals surface area contributed by atoms with Gasteiger partial charge in [-0.15, -0.1) is 0 Å². The van der Waals surface area contributed by atoms with Crippen molar-refractivity contribution >= 4 is 11.9 Å². The molecule has 0 bridgehead atoms. The maximum atomic E-state index is 10.3. The van der Waals surface area contributed by atoms with E-state index >= 15 is 0 Å². The van der Waals surface area contributed by atoms with E-state index in [4.69, 9.17) is 20.4 Å². The standard InChI is InChI=1S/C7H6O4.C5H10O2/c8-5-1-4(7(10)11)2-6(9)3-5;1-5(2,3)4(6)7/h1-3,8-9H,(H,10,11);1-3H3,(H,6,7). The molecule has 0 aliphatic heterocycles. The highest BCUT2D eigenvalue weighted by Crippen LogP contribution is 2.19. The minimum absolute atomic E-state index is 0.137. The number of hydrogen-bond donors (Lipinski definition) is 4. The first-order valence-electron chi connectivity index (χ1n) is 5.03. The summed E-state index contributed by atoms with van der Waals surface area (Å²) in [5, 5.41) is 34.3. The van der Waals surface area contributed by atoms with E-state index in [0.29, 0.717) is 0 Å². The van der Waals surface area contributed by atoms with Gasteiger partial charge in [-0.3, -0.25) is 4.79 Å². The molecule has 0 aliphatic rings. The Balaban J connectivity index is 0.000000360. The third-order valence-electron chi connectivity index (χ3n) is 1.79. The lowest BCUT2D eigenvalue weighted by Gasteiger charge is -2.08. The quantitative estimate of drug-likeness (QED) is 0.610. The first-order valence-corrected chi connectivity index (χ1v) is 5.03. The van der Waals surface area contributed by atoms with Gasteiger partial charge in [-0.25, -0.2) is 4.79 Å². The number of carboxylic acid groups (broad SMARTS) is 2. The zero-order chi connectivity index (χ0) is 14.5. The molecule has 100 valence electrons. The Morgan fingerprint density at radius 1 is 0.944 bits per heavy atom. The Morgan fingerprint density at radius 3 is 1.50 bits per heavy atom. The largest absolute Gasteiger partial charge is 0.508 e. The molecule has 6 heteroatoms. The van der Waals surface area contributed by atoms with Crippen molar-refractivity contribution in [1.82, 2.24) is 0 Å². The summed E-state index contributed by atoms with van der Waals surface area (Å²) in [5.74, 6) is -2.46. The van der Waals surface area contributed by atoms with E-state index in [1.54, 1.807) is 20.8 Å². The molecule has 0 fully saturated rings. The molecular formula is C12H16O6. The first kappa shape index (κ1) is 15.8. The van der Waals surface area contributed by atoms with Crippen LogP contribution in [-0.4, -0.2) is 32.4 Å². The fourth-order valence-corrected chi connectivity index (χ4v) is 0.719. The molecule has 0 radical (unpaired) electrons. The topological polar surface area (TPSA) is 115 Å². The molecule has 0 atom stereocenters. The summed E-state index contributed by atoms with van der Waals surface area (Å²) in [4.78, 5) is 20.3. The van der Waals surface area contributed by atoms with Gasteiger partial charge in [0.1, 0.15) is 11.5 Å². The van der Waals surface area contributed by atoms with Crippen LogP contribution in [-0.2, 0) is 4.79 Å². The van der Waals surface area contributed by atoms with E-state index in [1.807, 2.05) is 0 Å². The molecule has 0 heterocycles. The number of phenols is 2. The average molecular weight is 256 g/mol. The van der Waals surface area contributed by atoms with Gasteiger partial charge >= 0.3 is 11.9 Å². The Kier molecular flexibility index (Phi) is 5.17. The maximum absolute atomic E-state index is 10.3. The highest BCUT2D eigenvalue weighted by atomic mass is 16.4. The van der Waals surface area contributed by atoms with Gasteiger partial charge in [0.05, 0.1) is 11.0 Å². The highest BCUT2D eigenvalue weighted by Gasteiger charge is 2.18. The zero-order valence-electron chi connectivity index (χ0n) is 10.3. The average Bonchev–Trinajstić information content (AvgIpc) is 2.15. The molecule has 1 aromatic rings. The van der Waals surface area contributed by atoms with E-state index < -0.39 is 17.4 Å². The number of aromatic carboxylic acids is 1. The van der Waals surface area contributed by atoms with E-state index in [2.05, 4.69) is 0 Å². The fourth-order valence-electron chi connectivity index (χ4n) is 0.719. The van der Waals surface area contributed by atoms with Crippen LogP contribution in [0.4, 0.5) is 0 Å². The van der Waals surface area contributed by atoms with Gasteiger partial charge in [-0.05, 0) is 32.9 Å². The molecular weight excluding hydrogens is 240 g/mol. The van der Waals surface area contributed by atoms with Crippen molar-refractivity contribution in [3.05, 3.63) is 23.8 Å². The Morgan fingerprint density at radius 2 is 1.28 bits per heavy atom. The Bertz CT molecular complexity index is 424. The molecule has 1 rings (SSSR count). The Labute approximate surface area is 104 Å². The lowest BCUT2D eigenvalue weighted by Crippen LogP contribution is -2.18. The summed E-state index contributed by atoms with van der Waals surface area (Å²) >= 11 is 0. The van der Waals surface area contributed by atoms with Crippen LogP contribution in [0.15, 0.2) is 18.2 Å². The summed E-state index contributed by atoms with van der Waals surface area (Å²) in [6.07, 6.45) is 0. The summed E-state index contributed by atoms with van der Waals surface area (Å²) in [7, 11) is 0. The number of aromatic hydroxyl groups is 2. The van der Waals surface area contributed by atoms with E-state index in [0.717, 1.165) is 18.2 Å². The molecule has 0 aromatic heterocycles. The molecule has 0 unspecified atom stereocenters. The molecule has 0 saturated carbocycles. The summed E-state index contributed by atoms with van der Waals surface area (Å²) in [6, 6.07) is 3.18. The smallest absolute Gasteiger partial charge is 0.335 e. The van der Waals surface area contributed by atoms with Crippen molar-refractivity contribution < 1.29 is 30.0 Å². The summed E-state index contributed by atoms with van der Waals surface area (Å²) < 4.78 is 0. The minimum Gasteiger partial charge on any atom is -0.508 e. The highest BCUT2D eigenvalue weighted by molar-refractivity contribution is 5.88. The van der Waals surface area contributed by atoms with E-state index in [9.17, 15) is 9.59 Å². The van der Waals surface area contributed by atoms with Gasteiger partial charge in [0.15, 0.2) is 0 Å². The van der Waals surface area contributed by atoms with Gasteiger partial charge < -0.3 is 20.4 Å². The fraction of sp³-hybridized carbons (Fsp3) is 0.333. The third kappa shape index (κ3) is 5.74. The second-order valence-electron chi connectivity index (χ2n) is 4.60. The lowest BCUT2D eigenvalue weighted by molar-refractivity contribution is -0.145. The normalized spacial score (nSPS) is 10.2. The molecule has 0 aliphatic carbocycles. The van der Waals surface area contributed by atoms with Crippen LogP contribution in [0.2, 0.25) is 0 Å². The van der Waals surface area contributed by atoms with Crippen LogP contribution in [0.5, 0.6) is 11.5 Å². The lowest BCUT2D eigenvalue weighted by atomic mass is 9.98. The van der Waals surface area contributed by atoms with Crippen LogP contribution < -0.4 is 0 Å². The predicted octanol–water partition coefficient (Wildman–Crippen LogP) is 1.91. The van der Waals surface area contributed by atoms with E-state index in [-0.39, 0.29) is 17.1 Å². The van der Waals surface area contributed by atoms with Crippen LogP contribution in [0, 0.1) is 5.41 Å². The SMILES string of the molecule is CC(C)(C)C(=O)O.O=C(O)c1cc(O)cc(O)c1. The number of carbonyl (C=O) groups is 2. The molecule has 1 aromatic carbocycles. The van der Waals surface area contributed by atoms with Gasteiger partial charge in [0.25, 0.3) is 0 Å². The second kappa shape index (κ2) is 5.90. The van der Waals surface area contributed by atoms with Gasteiger partial charge in [0.2, 0.25) is 0 Å². The number of phenolic OH excluding ortho intramolecular Hbond substituents is 2. The van der Waals surface area contributed by atoms with Crippen molar-refractivity contribution in [2.45, 2.75) is 20.8 Å². The Hall–Kier alpha value is -2.24. The predicted molar refractivity (Wildman–Crippen MR) is 63.8 cm³/mol. The zero-order valence-corrected chi connectivity index (χ0v) is 10.3. The van der Waals surface area contributed by atoms with Crippen molar-refractivity contribution in [2.75, 3.05) is 0 Å². The molecule has 18 heavy (non-hydrogen) atoms. The van der Waals surface area contributed by atoms with E-state index in [1.165, 1.54) is 0 Å². The summed E-state index contributed by atoms with van der Waals surface area (Å²) in [5.41, 5.74) is -0.720. The van der Waals surface area contributed by atoms with Crippen molar-refractivity contribution in [1.29, 1.82) is 0 Å². The van der Waals surface area contributed by atoms with Crippen molar-refractivity contribution in [3.63, 3.8) is 0 Å². The van der Waals surface area contributed by atoms with Crippen LogP contribution >= 0.6 is 0 Å².